The summed E-state index contributed by atoms with van der Waals surface area (Å²) in [7, 11) is 0. The zero-order valence-electron chi connectivity index (χ0n) is 13.7. The minimum atomic E-state index is -0.202. The van der Waals surface area contributed by atoms with E-state index in [0.29, 0.717) is 36.1 Å². The van der Waals surface area contributed by atoms with Crippen LogP contribution in [0.25, 0.3) is 0 Å². The van der Waals surface area contributed by atoms with Crippen LogP contribution in [0.2, 0.25) is 0 Å². The number of rotatable bonds is 2. The Balaban J connectivity index is 1.56. The fourth-order valence-corrected chi connectivity index (χ4v) is 3.29. The highest BCUT2D eigenvalue weighted by molar-refractivity contribution is 6.02. The minimum Gasteiger partial charge on any atom is -0.367 e. The predicted molar refractivity (Wildman–Crippen MR) is 94.6 cm³/mol. The molecule has 0 spiro atoms. The van der Waals surface area contributed by atoms with Crippen LogP contribution in [-0.2, 0) is 4.79 Å². The first kappa shape index (κ1) is 15.6. The van der Waals surface area contributed by atoms with Gasteiger partial charge in [-0.25, -0.2) is 14.4 Å². The number of amides is 1. The van der Waals surface area contributed by atoms with Crippen LogP contribution >= 0.6 is 0 Å². The number of para-hydroxylation sites is 1. The quantitative estimate of drug-likeness (QED) is 0.865. The number of halogens is 1. The van der Waals surface area contributed by atoms with Crippen molar-refractivity contribution in [2.75, 3.05) is 53.2 Å². The van der Waals surface area contributed by atoms with Crippen molar-refractivity contribution in [2.24, 2.45) is 0 Å². The molecule has 2 aromatic rings. The molecule has 0 atom stereocenters. The molecule has 3 heterocycles. The largest absolute Gasteiger partial charge is 0.367 e. The minimum absolute atomic E-state index is 0.105. The molecule has 1 aromatic heterocycles. The summed E-state index contributed by atoms with van der Waals surface area (Å²) in [4.78, 5) is 24.4. The summed E-state index contributed by atoms with van der Waals surface area (Å²) in [5.41, 5.74) is 1.25. The third kappa shape index (κ3) is 3.07. The summed E-state index contributed by atoms with van der Waals surface area (Å²) in [6.07, 6.45) is 2.37. The number of nitrogens with one attached hydrogen (secondary N) is 2. The van der Waals surface area contributed by atoms with Gasteiger partial charge in [0.2, 0.25) is 5.91 Å². The first-order chi connectivity index (χ1) is 12.2. The van der Waals surface area contributed by atoms with Crippen molar-refractivity contribution in [2.45, 2.75) is 6.42 Å². The molecule has 25 heavy (non-hydrogen) atoms. The summed E-state index contributed by atoms with van der Waals surface area (Å²) in [6.45, 7) is 3.14. The van der Waals surface area contributed by atoms with Crippen molar-refractivity contribution >= 4 is 28.9 Å². The molecule has 1 aromatic carbocycles. The fourth-order valence-electron chi connectivity index (χ4n) is 3.29. The van der Waals surface area contributed by atoms with Gasteiger partial charge < -0.3 is 20.4 Å². The Bertz CT molecular complexity index is 798. The number of aromatic nitrogens is 2. The zero-order valence-corrected chi connectivity index (χ0v) is 13.7. The summed E-state index contributed by atoms with van der Waals surface area (Å²) in [6, 6.07) is 6.84. The van der Waals surface area contributed by atoms with Gasteiger partial charge in [-0.3, -0.25) is 4.79 Å². The average molecular weight is 342 g/mol. The lowest BCUT2D eigenvalue weighted by molar-refractivity contribution is -0.114. The lowest BCUT2D eigenvalue weighted by Crippen LogP contribution is -2.34. The normalized spacial score (nSPS) is 17.4. The van der Waals surface area contributed by atoms with Crippen molar-refractivity contribution in [1.29, 1.82) is 0 Å². The van der Waals surface area contributed by atoms with E-state index in [4.69, 9.17) is 0 Å². The number of anilines is 4. The predicted octanol–water partition coefficient (Wildman–Crippen LogP) is 1.70. The van der Waals surface area contributed by atoms with E-state index in [1.54, 1.807) is 6.07 Å². The molecule has 4 rings (SSSR count). The SMILES string of the molecule is O=C1CNc2ncnc(N3CCCN(c4ccccc4F)CC3)c2N1. The second-order valence-corrected chi connectivity index (χ2v) is 6.10. The molecule has 1 fully saturated rings. The van der Waals surface area contributed by atoms with Gasteiger partial charge in [-0.1, -0.05) is 12.1 Å². The van der Waals surface area contributed by atoms with E-state index in [9.17, 15) is 9.18 Å². The standard InChI is InChI=1S/C17H19FN6O/c18-12-4-1-2-5-13(12)23-6-3-7-24(9-8-23)17-15-16(20-11-21-17)19-10-14(25)22-15/h1-2,4-5,11H,3,6-10H2,(H,22,25)(H,19,20,21). The molecule has 0 saturated carbocycles. The van der Waals surface area contributed by atoms with E-state index in [1.807, 2.05) is 12.1 Å². The molecule has 2 aliphatic rings. The van der Waals surface area contributed by atoms with Crippen LogP contribution in [0.5, 0.6) is 0 Å². The zero-order chi connectivity index (χ0) is 17.2. The summed E-state index contributed by atoms with van der Waals surface area (Å²) in [5.74, 6) is 1.04. The Morgan fingerprint density at radius 1 is 1.04 bits per heavy atom. The van der Waals surface area contributed by atoms with E-state index >= 15 is 0 Å². The van der Waals surface area contributed by atoms with Crippen molar-refractivity contribution in [3.63, 3.8) is 0 Å². The van der Waals surface area contributed by atoms with Gasteiger partial charge in [0, 0.05) is 26.2 Å². The van der Waals surface area contributed by atoms with E-state index in [-0.39, 0.29) is 18.3 Å². The fraction of sp³-hybridized carbons (Fsp3) is 0.353. The van der Waals surface area contributed by atoms with E-state index < -0.39 is 0 Å². The lowest BCUT2D eigenvalue weighted by Gasteiger charge is -2.27. The van der Waals surface area contributed by atoms with Crippen LogP contribution in [0.1, 0.15) is 6.42 Å². The van der Waals surface area contributed by atoms with Crippen LogP contribution in [0.4, 0.5) is 27.4 Å². The molecule has 7 nitrogen and oxygen atoms in total. The Hall–Kier alpha value is -2.90. The van der Waals surface area contributed by atoms with Gasteiger partial charge in [0.25, 0.3) is 0 Å². The number of fused-ring (bicyclic) bond motifs is 1. The summed E-state index contributed by atoms with van der Waals surface area (Å²) < 4.78 is 14.1. The first-order valence-electron chi connectivity index (χ1n) is 8.35. The third-order valence-electron chi connectivity index (χ3n) is 4.50. The highest BCUT2D eigenvalue weighted by Gasteiger charge is 2.25. The molecular weight excluding hydrogens is 323 g/mol. The van der Waals surface area contributed by atoms with Crippen molar-refractivity contribution in [3.05, 3.63) is 36.4 Å². The maximum absolute atomic E-state index is 14.1. The maximum Gasteiger partial charge on any atom is 0.243 e. The Morgan fingerprint density at radius 3 is 2.72 bits per heavy atom. The van der Waals surface area contributed by atoms with Crippen LogP contribution in [0, 0.1) is 5.82 Å². The molecule has 1 saturated heterocycles. The smallest absolute Gasteiger partial charge is 0.243 e. The second-order valence-electron chi connectivity index (χ2n) is 6.10. The van der Waals surface area contributed by atoms with E-state index in [0.717, 1.165) is 19.5 Å². The molecule has 0 unspecified atom stereocenters. The third-order valence-corrected chi connectivity index (χ3v) is 4.50. The maximum atomic E-state index is 14.1. The summed E-state index contributed by atoms with van der Waals surface area (Å²) >= 11 is 0. The Morgan fingerprint density at radius 2 is 1.84 bits per heavy atom. The van der Waals surface area contributed by atoms with Gasteiger partial charge >= 0.3 is 0 Å². The van der Waals surface area contributed by atoms with Crippen molar-refractivity contribution in [3.8, 4) is 0 Å². The molecule has 0 bridgehead atoms. The van der Waals surface area contributed by atoms with E-state index in [2.05, 4.69) is 30.4 Å². The van der Waals surface area contributed by atoms with Gasteiger partial charge in [-0.05, 0) is 18.6 Å². The Kier molecular flexibility index (Phi) is 4.09. The van der Waals surface area contributed by atoms with Gasteiger partial charge in [-0.2, -0.15) is 0 Å². The summed E-state index contributed by atoms with van der Waals surface area (Å²) in [5, 5.41) is 5.86. The first-order valence-corrected chi connectivity index (χ1v) is 8.35. The lowest BCUT2D eigenvalue weighted by atomic mass is 10.2. The van der Waals surface area contributed by atoms with Crippen molar-refractivity contribution in [1.82, 2.24) is 9.97 Å². The number of benzene rings is 1. The van der Waals surface area contributed by atoms with Crippen molar-refractivity contribution < 1.29 is 9.18 Å². The Labute approximate surface area is 144 Å². The highest BCUT2D eigenvalue weighted by atomic mass is 19.1. The highest BCUT2D eigenvalue weighted by Crippen LogP contribution is 2.32. The molecule has 2 aliphatic heterocycles. The van der Waals surface area contributed by atoms with Crippen LogP contribution < -0.4 is 20.4 Å². The van der Waals surface area contributed by atoms with Crippen LogP contribution in [0.15, 0.2) is 30.6 Å². The van der Waals surface area contributed by atoms with E-state index in [1.165, 1.54) is 12.4 Å². The van der Waals surface area contributed by atoms with Gasteiger partial charge in [0.15, 0.2) is 11.6 Å². The van der Waals surface area contributed by atoms with Crippen LogP contribution in [-0.4, -0.2) is 48.6 Å². The van der Waals surface area contributed by atoms with Crippen LogP contribution in [0.3, 0.4) is 0 Å². The number of hydrogen-bond donors (Lipinski definition) is 2. The number of carbonyl (C=O) groups excluding carboxylic acids is 1. The molecule has 2 N–H and O–H groups in total. The van der Waals surface area contributed by atoms with Gasteiger partial charge in [0.05, 0.1) is 12.2 Å². The monoisotopic (exact) mass is 342 g/mol. The molecule has 0 aliphatic carbocycles. The van der Waals surface area contributed by atoms with Gasteiger partial charge in [0.1, 0.15) is 17.8 Å². The average Bonchev–Trinajstić information content (AvgIpc) is 2.87. The molecule has 130 valence electrons. The number of nitrogens with zero attached hydrogens (tertiary/aromatic N) is 4. The number of carbonyl (C=O) groups is 1. The van der Waals surface area contributed by atoms with Gasteiger partial charge in [-0.15, -0.1) is 0 Å². The molecular formula is C17H19FN6O. The molecule has 0 radical (unpaired) electrons. The second kappa shape index (κ2) is 6.54. The topological polar surface area (TPSA) is 73.4 Å². The number of hydrogen-bond acceptors (Lipinski definition) is 6. The molecule has 8 heteroatoms. The molecule has 1 amide bonds.